The zero-order chi connectivity index (χ0) is 27.3. The fraction of sp³-hybridized carbons (Fsp3) is 0.290. The number of carbonyl (C=O) groups is 4. The van der Waals surface area contributed by atoms with E-state index in [-0.39, 0.29) is 36.3 Å². The summed E-state index contributed by atoms with van der Waals surface area (Å²) in [6.07, 6.45) is 0.518. The van der Waals surface area contributed by atoms with Crippen LogP contribution >= 0.6 is 0 Å². The SMILES string of the molecule is CC(=O)c1cccc(N(C(=O)c2ccc(C)cc2)C2(C(=O)NCc3ccccc3)CCN(C(C)=O)CC2)c1. The highest BCUT2D eigenvalue weighted by Gasteiger charge is 2.49. The van der Waals surface area contributed by atoms with Gasteiger partial charge in [-0.25, -0.2) is 0 Å². The van der Waals surface area contributed by atoms with Gasteiger partial charge in [-0.2, -0.15) is 0 Å². The van der Waals surface area contributed by atoms with E-state index in [4.69, 9.17) is 0 Å². The van der Waals surface area contributed by atoms with E-state index in [2.05, 4.69) is 5.32 Å². The van der Waals surface area contributed by atoms with Gasteiger partial charge in [-0.1, -0.05) is 60.2 Å². The molecule has 1 N–H and O–H groups in total. The van der Waals surface area contributed by atoms with E-state index in [1.807, 2.05) is 49.4 Å². The van der Waals surface area contributed by atoms with E-state index >= 15 is 0 Å². The topological polar surface area (TPSA) is 86.8 Å². The summed E-state index contributed by atoms with van der Waals surface area (Å²) in [4.78, 5) is 56.0. The summed E-state index contributed by atoms with van der Waals surface area (Å²) < 4.78 is 0. The van der Waals surface area contributed by atoms with Crippen molar-refractivity contribution in [2.75, 3.05) is 18.0 Å². The summed E-state index contributed by atoms with van der Waals surface area (Å²) in [6.45, 7) is 5.89. The molecule has 1 heterocycles. The van der Waals surface area contributed by atoms with Crippen LogP contribution in [0.15, 0.2) is 78.9 Å². The van der Waals surface area contributed by atoms with Crippen molar-refractivity contribution in [3.05, 3.63) is 101 Å². The van der Waals surface area contributed by atoms with Crippen molar-refractivity contribution in [2.24, 2.45) is 0 Å². The first-order valence-electron chi connectivity index (χ1n) is 12.8. The van der Waals surface area contributed by atoms with Crippen LogP contribution in [0.4, 0.5) is 5.69 Å². The first kappa shape index (κ1) is 26.8. The van der Waals surface area contributed by atoms with Crippen molar-refractivity contribution >= 4 is 29.2 Å². The number of hydrogen-bond donors (Lipinski definition) is 1. The molecule has 1 saturated heterocycles. The van der Waals surface area contributed by atoms with Gasteiger partial charge in [0.15, 0.2) is 5.78 Å². The second kappa shape index (κ2) is 11.4. The molecule has 38 heavy (non-hydrogen) atoms. The smallest absolute Gasteiger partial charge is 0.259 e. The molecule has 0 atom stereocenters. The Hall–Kier alpha value is -4.26. The molecule has 0 aliphatic carbocycles. The molecule has 196 valence electrons. The van der Waals surface area contributed by atoms with E-state index < -0.39 is 5.54 Å². The number of likely N-dealkylation sites (tertiary alicyclic amines) is 1. The number of nitrogens with zero attached hydrogens (tertiary/aromatic N) is 2. The highest BCUT2D eigenvalue weighted by molar-refractivity contribution is 6.12. The number of benzene rings is 3. The number of amides is 3. The Bertz CT molecular complexity index is 1330. The van der Waals surface area contributed by atoms with Gasteiger partial charge in [0, 0.05) is 43.4 Å². The van der Waals surface area contributed by atoms with Crippen molar-refractivity contribution < 1.29 is 19.2 Å². The second-order valence-electron chi connectivity index (χ2n) is 9.82. The minimum absolute atomic E-state index is 0.0710. The van der Waals surface area contributed by atoms with Gasteiger partial charge in [-0.3, -0.25) is 24.1 Å². The predicted molar refractivity (Wildman–Crippen MR) is 147 cm³/mol. The van der Waals surface area contributed by atoms with E-state index in [1.54, 1.807) is 46.2 Å². The lowest BCUT2D eigenvalue weighted by Gasteiger charge is -2.47. The Morgan fingerprint density at radius 1 is 0.842 bits per heavy atom. The average molecular weight is 512 g/mol. The van der Waals surface area contributed by atoms with Gasteiger partial charge < -0.3 is 10.2 Å². The van der Waals surface area contributed by atoms with Gasteiger partial charge in [-0.05, 0) is 56.5 Å². The molecule has 0 unspecified atom stereocenters. The van der Waals surface area contributed by atoms with Gasteiger partial charge in [0.1, 0.15) is 5.54 Å². The molecule has 4 rings (SSSR count). The molecule has 7 nitrogen and oxygen atoms in total. The average Bonchev–Trinajstić information content (AvgIpc) is 2.93. The Kier molecular flexibility index (Phi) is 8.05. The van der Waals surface area contributed by atoms with Crippen LogP contribution in [0.3, 0.4) is 0 Å². The number of aryl methyl sites for hydroxylation is 1. The summed E-state index contributed by atoms with van der Waals surface area (Å²) in [5.74, 6) is -0.836. The first-order chi connectivity index (χ1) is 18.2. The van der Waals surface area contributed by atoms with Crippen molar-refractivity contribution in [1.29, 1.82) is 0 Å². The molecule has 0 radical (unpaired) electrons. The van der Waals surface area contributed by atoms with Crippen LogP contribution in [0.5, 0.6) is 0 Å². The summed E-state index contributed by atoms with van der Waals surface area (Å²) >= 11 is 0. The van der Waals surface area contributed by atoms with Crippen LogP contribution in [0, 0.1) is 6.92 Å². The van der Waals surface area contributed by atoms with Gasteiger partial charge in [-0.15, -0.1) is 0 Å². The van der Waals surface area contributed by atoms with E-state index in [1.165, 1.54) is 13.8 Å². The van der Waals surface area contributed by atoms with Crippen LogP contribution in [0.25, 0.3) is 0 Å². The van der Waals surface area contributed by atoms with Gasteiger partial charge >= 0.3 is 0 Å². The third-order valence-corrected chi connectivity index (χ3v) is 7.20. The molecule has 3 amide bonds. The van der Waals surface area contributed by atoms with Crippen LogP contribution in [0.2, 0.25) is 0 Å². The van der Waals surface area contributed by atoms with Crippen molar-refractivity contribution in [1.82, 2.24) is 10.2 Å². The van der Waals surface area contributed by atoms with Crippen LogP contribution in [-0.4, -0.2) is 47.0 Å². The maximum Gasteiger partial charge on any atom is 0.259 e. The van der Waals surface area contributed by atoms with Crippen molar-refractivity contribution in [3.63, 3.8) is 0 Å². The van der Waals surface area contributed by atoms with E-state index in [0.29, 0.717) is 36.4 Å². The molecule has 3 aromatic carbocycles. The number of Topliss-reactive ketones (excluding diaryl/α,β-unsaturated/α-hetero) is 1. The summed E-state index contributed by atoms with van der Waals surface area (Å²) in [5, 5.41) is 3.05. The minimum atomic E-state index is -1.27. The van der Waals surface area contributed by atoms with E-state index in [9.17, 15) is 19.2 Å². The van der Waals surface area contributed by atoms with Crippen molar-refractivity contribution in [3.8, 4) is 0 Å². The monoisotopic (exact) mass is 511 g/mol. The number of piperidine rings is 1. The lowest BCUT2D eigenvalue weighted by molar-refractivity contribution is -0.135. The molecule has 0 saturated carbocycles. The molecule has 7 heteroatoms. The van der Waals surface area contributed by atoms with Crippen LogP contribution < -0.4 is 10.2 Å². The standard InChI is InChI=1S/C31H33N3O4/c1-22-12-14-26(15-13-22)29(37)34(28-11-7-10-27(20-28)23(2)35)31(16-18-33(19-17-31)24(3)36)30(38)32-21-25-8-5-4-6-9-25/h4-15,20H,16-19,21H2,1-3H3,(H,32,38). The molecule has 3 aromatic rings. The minimum Gasteiger partial charge on any atom is -0.350 e. The Morgan fingerprint density at radius 3 is 2.11 bits per heavy atom. The van der Waals surface area contributed by atoms with Crippen LogP contribution in [-0.2, 0) is 16.1 Å². The lowest BCUT2D eigenvalue weighted by atomic mass is 9.83. The van der Waals surface area contributed by atoms with Gasteiger partial charge in [0.2, 0.25) is 11.8 Å². The molecule has 0 bridgehead atoms. The Balaban J connectivity index is 1.81. The Morgan fingerprint density at radius 2 is 1.50 bits per heavy atom. The molecule has 1 aliphatic rings. The maximum atomic E-state index is 14.2. The van der Waals surface area contributed by atoms with Gasteiger partial charge in [0.05, 0.1) is 0 Å². The number of hydrogen-bond acceptors (Lipinski definition) is 4. The summed E-state index contributed by atoms with van der Waals surface area (Å²) in [5.41, 5.74) is 2.04. The van der Waals surface area contributed by atoms with Gasteiger partial charge in [0.25, 0.3) is 5.91 Å². The number of anilines is 1. The molecule has 1 aliphatic heterocycles. The molecular weight excluding hydrogens is 478 g/mol. The predicted octanol–water partition coefficient (Wildman–Crippen LogP) is 4.54. The summed E-state index contributed by atoms with van der Waals surface area (Å²) in [6, 6.07) is 23.6. The second-order valence-corrected chi connectivity index (χ2v) is 9.82. The summed E-state index contributed by atoms with van der Waals surface area (Å²) in [7, 11) is 0. The molecular formula is C31H33N3O4. The maximum absolute atomic E-state index is 14.2. The number of nitrogens with one attached hydrogen (secondary N) is 1. The van der Waals surface area contributed by atoms with E-state index in [0.717, 1.165) is 11.1 Å². The van der Waals surface area contributed by atoms with Crippen molar-refractivity contribution in [2.45, 2.75) is 45.7 Å². The largest absolute Gasteiger partial charge is 0.350 e. The molecule has 0 spiro atoms. The number of rotatable bonds is 7. The number of ketones is 1. The highest BCUT2D eigenvalue weighted by atomic mass is 16.2. The Labute approximate surface area is 223 Å². The third-order valence-electron chi connectivity index (χ3n) is 7.20. The number of carbonyl (C=O) groups excluding carboxylic acids is 4. The van der Waals surface area contributed by atoms with Crippen LogP contribution in [0.1, 0.15) is 58.5 Å². The molecule has 1 fully saturated rings. The zero-order valence-electron chi connectivity index (χ0n) is 22.1. The lowest BCUT2D eigenvalue weighted by Crippen LogP contribution is -2.65. The highest BCUT2D eigenvalue weighted by Crippen LogP contribution is 2.36. The molecule has 0 aromatic heterocycles. The quantitative estimate of drug-likeness (QED) is 0.472. The zero-order valence-corrected chi connectivity index (χ0v) is 22.1. The normalized spacial score (nSPS) is 14.4. The fourth-order valence-corrected chi connectivity index (χ4v) is 4.93. The first-order valence-corrected chi connectivity index (χ1v) is 12.8. The third kappa shape index (κ3) is 5.67. The fourth-order valence-electron chi connectivity index (χ4n) is 4.93.